The molecule has 0 aliphatic carbocycles. The van der Waals surface area contributed by atoms with Crippen molar-refractivity contribution in [2.24, 2.45) is 0 Å². The Morgan fingerprint density at radius 3 is 2.61 bits per heavy atom. The maximum atomic E-state index is 6.11. The zero-order chi connectivity index (χ0) is 19.5. The van der Waals surface area contributed by atoms with Crippen LogP contribution in [-0.2, 0) is 0 Å². The summed E-state index contributed by atoms with van der Waals surface area (Å²) in [6, 6.07) is 12.8. The number of nitrogens with one attached hydrogen (secondary N) is 2. The van der Waals surface area contributed by atoms with E-state index < -0.39 is 0 Å². The van der Waals surface area contributed by atoms with E-state index in [2.05, 4.69) is 20.6 Å². The van der Waals surface area contributed by atoms with E-state index >= 15 is 0 Å². The van der Waals surface area contributed by atoms with Crippen molar-refractivity contribution in [1.29, 1.82) is 0 Å². The highest BCUT2D eigenvalue weighted by Crippen LogP contribution is 2.34. The normalized spacial score (nSPS) is 12.4. The van der Waals surface area contributed by atoms with Crippen LogP contribution in [0.4, 0.5) is 23.1 Å². The van der Waals surface area contributed by atoms with Crippen LogP contribution >= 0.6 is 11.6 Å². The first-order chi connectivity index (χ1) is 13.6. The summed E-state index contributed by atoms with van der Waals surface area (Å²) in [5.41, 5.74) is 2.33. The van der Waals surface area contributed by atoms with E-state index in [1.807, 2.05) is 31.2 Å². The Morgan fingerprint density at radius 2 is 1.79 bits per heavy atom. The van der Waals surface area contributed by atoms with Crippen LogP contribution < -0.4 is 24.8 Å². The fourth-order valence-electron chi connectivity index (χ4n) is 2.85. The van der Waals surface area contributed by atoms with E-state index in [1.54, 1.807) is 25.3 Å². The Labute approximate surface area is 167 Å². The molecule has 8 heteroatoms. The van der Waals surface area contributed by atoms with Crippen molar-refractivity contribution >= 4 is 34.7 Å². The molecule has 4 rings (SSSR count). The number of nitrogens with zero attached hydrogens (tertiary/aromatic N) is 2. The second-order valence-electron chi connectivity index (χ2n) is 6.17. The first-order valence-electron chi connectivity index (χ1n) is 8.73. The van der Waals surface area contributed by atoms with Crippen molar-refractivity contribution < 1.29 is 14.2 Å². The zero-order valence-electron chi connectivity index (χ0n) is 15.5. The maximum Gasteiger partial charge on any atom is 0.229 e. The van der Waals surface area contributed by atoms with Gasteiger partial charge in [0.2, 0.25) is 5.95 Å². The number of aromatic nitrogens is 2. The third kappa shape index (κ3) is 4.04. The summed E-state index contributed by atoms with van der Waals surface area (Å²) < 4.78 is 16.5. The summed E-state index contributed by atoms with van der Waals surface area (Å²) in [6.07, 6.45) is 0. The Balaban J connectivity index is 1.58. The fourth-order valence-corrected chi connectivity index (χ4v) is 3.03. The second kappa shape index (κ2) is 7.82. The number of rotatable bonds is 5. The van der Waals surface area contributed by atoms with Gasteiger partial charge in [0.05, 0.1) is 12.8 Å². The van der Waals surface area contributed by atoms with Crippen LogP contribution in [0.5, 0.6) is 17.2 Å². The van der Waals surface area contributed by atoms with Crippen LogP contribution in [0, 0.1) is 6.92 Å². The number of ether oxygens (including phenoxy) is 3. The van der Waals surface area contributed by atoms with Gasteiger partial charge in [-0.15, -0.1) is 0 Å². The molecular formula is C20H19ClN4O3. The first kappa shape index (κ1) is 18.2. The Hall–Kier alpha value is -3.19. The Morgan fingerprint density at radius 1 is 0.964 bits per heavy atom. The highest BCUT2D eigenvalue weighted by atomic mass is 35.5. The number of fused-ring (bicyclic) bond motifs is 1. The Bertz CT molecular complexity index is 1010. The van der Waals surface area contributed by atoms with E-state index in [0.717, 1.165) is 22.8 Å². The van der Waals surface area contributed by atoms with E-state index in [1.165, 1.54) is 0 Å². The molecular weight excluding hydrogens is 380 g/mol. The molecule has 2 aromatic carbocycles. The molecule has 1 aliphatic heterocycles. The number of halogens is 1. The summed E-state index contributed by atoms with van der Waals surface area (Å²) in [7, 11) is 1.61. The molecule has 1 aromatic heterocycles. The molecule has 144 valence electrons. The summed E-state index contributed by atoms with van der Waals surface area (Å²) in [4.78, 5) is 8.99. The smallest absolute Gasteiger partial charge is 0.229 e. The van der Waals surface area contributed by atoms with Crippen LogP contribution in [0.2, 0.25) is 5.02 Å². The monoisotopic (exact) mass is 398 g/mol. The van der Waals surface area contributed by atoms with Gasteiger partial charge in [-0.05, 0) is 37.3 Å². The lowest BCUT2D eigenvalue weighted by Crippen LogP contribution is -2.15. The van der Waals surface area contributed by atoms with Gasteiger partial charge in [-0.1, -0.05) is 11.6 Å². The number of benzene rings is 2. The highest BCUT2D eigenvalue weighted by Gasteiger charge is 2.13. The van der Waals surface area contributed by atoms with Crippen molar-refractivity contribution in [1.82, 2.24) is 9.97 Å². The van der Waals surface area contributed by atoms with Gasteiger partial charge >= 0.3 is 0 Å². The summed E-state index contributed by atoms with van der Waals surface area (Å²) in [5.74, 6) is 3.18. The minimum absolute atomic E-state index is 0.458. The molecule has 1 aliphatic rings. The standard InChI is InChI=1S/C20H19ClN4O3/c1-12-9-19(24-15-10-13(21)3-5-16(15)26-2)25-20(22-12)23-14-4-6-17-18(11-14)28-8-7-27-17/h3-6,9-11H,7-8H2,1-2H3,(H2,22,23,24,25). The number of methoxy groups -OCH3 is 1. The van der Waals surface area contributed by atoms with Gasteiger partial charge in [0, 0.05) is 28.5 Å². The predicted octanol–water partition coefficient (Wildman–Crippen LogP) is 4.71. The zero-order valence-corrected chi connectivity index (χ0v) is 16.2. The van der Waals surface area contributed by atoms with Crippen molar-refractivity contribution in [3.63, 3.8) is 0 Å². The third-order valence-electron chi connectivity index (χ3n) is 4.08. The summed E-state index contributed by atoms with van der Waals surface area (Å²) >= 11 is 6.11. The van der Waals surface area contributed by atoms with Crippen LogP contribution in [0.3, 0.4) is 0 Å². The van der Waals surface area contributed by atoms with Gasteiger partial charge in [-0.2, -0.15) is 4.98 Å². The van der Waals surface area contributed by atoms with Gasteiger partial charge in [-0.25, -0.2) is 4.98 Å². The van der Waals surface area contributed by atoms with Crippen molar-refractivity contribution in [2.75, 3.05) is 31.0 Å². The average molecular weight is 399 g/mol. The minimum atomic E-state index is 0.458. The average Bonchev–Trinajstić information content (AvgIpc) is 2.68. The minimum Gasteiger partial charge on any atom is -0.495 e. The molecule has 0 amide bonds. The molecule has 0 bridgehead atoms. The molecule has 0 unspecified atom stereocenters. The molecule has 28 heavy (non-hydrogen) atoms. The lowest BCUT2D eigenvalue weighted by molar-refractivity contribution is 0.171. The van der Waals surface area contributed by atoms with Crippen LogP contribution in [0.25, 0.3) is 0 Å². The highest BCUT2D eigenvalue weighted by molar-refractivity contribution is 6.31. The largest absolute Gasteiger partial charge is 0.495 e. The molecule has 2 N–H and O–H groups in total. The van der Waals surface area contributed by atoms with E-state index in [-0.39, 0.29) is 0 Å². The van der Waals surface area contributed by atoms with Crippen molar-refractivity contribution in [3.8, 4) is 17.2 Å². The molecule has 2 heterocycles. The summed E-state index contributed by atoms with van der Waals surface area (Å²) in [6.45, 7) is 2.99. The van der Waals surface area contributed by atoms with Gasteiger partial charge in [0.25, 0.3) is 0 Å². The van der Waals surface area contributed by atoms with E-state index in [4.69, 9.17) is 25.8 Å². The van der Waals surface area contributed by atoms with Gasteiger partial charge in [0.1, 0.15) is 24.8 Å². The van der Waals surface area contributed by atoms with Gasteiger partial charge in [0.15, 0.2) is 11.5 Å². The molecule has 0 atom stereocenters. The number of hydrogen-bond donors (Lipinski definition) is 2. The lowest BCUT2D eigenvalue weighted by Gasteiger charge is -2.19. The van der Waals surface area contributed by atoms with Gasteiger partial charge < -0.3 is 24.8 Å². The fraction of sp³-hybridized carbons (Fsp3) is 0.200. The molecule has 0 saturated heterocycles. The van der Waals surface area contributed by atoms with E-state index in [9.17, 15) is 0 Å². The number of hydrogen-bond acceptors (Lipinski definition) is 7. The van der Waals surface area contributed by atoms with E-state index in [0.29, 0.717) is 41.5 Å². The second-order valence-corrected chi connectivity index (χ2v) is 6.61. The molecule has 0 fully saturated rings. The molecule has 3 aromatic rings. The molecule has 0 saturated carbocycles. The Kier molecular flexibility index (Phi) is 5.08. The van der Waals surface area contributed by atoms with Crippen molar-refractivity contribution in [2.45, 2.75) is 6.92 Å². The topological polar surface area (TPSA) is 77.5 Å². The molecule has 0 spiro atoms. The van der Waals surface area contributed by atoms with Gasteiger partial charge in [-0.3, -0.25) is 0 Å². The summed E-state index contributed by atoms with van der Waals surface area (Å²) in [5, 5.41) is 7.04. The first-order valence-corrected chi connectivity index (χ1v) is 9.11. The van der Waals surface area contributed by atoms with Crippen LogP contribution in [-0.4, -0.2) is 30.3 Å². The van der Waals surface area contributed by atoms with Crippen LogP contribution in [0.1, 0.15) is 5.69 Å². The number of aryl methyl sites for hydroxylation is 1. The quantitative estimate of drug-likeness (QED) is 0.644. The lowest BCUT2D eigenvalue weighted by atomic mass is 10.2. The molecule has 0 radical (unpaired) electrons. The van der Waals surface area contributed by atoms with Crippen molar-refractivity contribution in [3.05, 3.63) is 53.2 Å². The predicted molar refractivity (Wildman–Crippen MR) is 109 cm³/mol. The number of anilines is 4. The SMILES string of the molecule is COc1ccc(Cl)cc1Nc1cc(C)nc(Nc2ccc3c(c2)OCCO3)n1. The third-order valence-corrected chi connectivity index (χ3v) is 4.31. The maximum absolute atomic E-state index is 6.11. The van der Waals surface area contributed by atoms with Crippen LogP contribution in [0.15, 0.2) is 42.5 Å². The molecule has 7 nitrogen and oxygen atoms in total.